The van der Waals surface area contributed by atoms with Crippen molar-refractivity contribution in [2.45, 2.75) is 38.1 Å². The first-order chi connectivity index (χ1) is 9.89. The van der Waals surface area contributed by atoms with Crippen LogP contribution in [0.5, 0.6) is 0 Å². The van der Waals surface area contributed by atoms with E-state index in [9.17, 15) is 14.3 Å². The van der Waals surface area contributed by atoms with E-state index in [1.165, 1.54) is 12.1 Å². The number of benzene rings is 1. The van der Waals surface area contributed by atoms with Gasteiger partial charge < -0.3 is 10.4 Å². The van der Waals surface area contributed by atoms with E-state index in [-0.39, 0.29) is 21.6 Å². The van der Waals surface area contributed by atoms with Crippen LogP contribution in [0.3, 0.4) is 0 Å². The Morgan fingerprint density at radius 1 is 1.62 bits per heavy atom. The molecular formula is C15H16BrFN2O2. The van der Waals surface area contributed by atoms with Crippen molar-refractivity contribution in [3.8, 4) is 6.07 Å². The lowest BCUT2D eigenvalue weighted by molar-refractivity contribution is -0.144. The molecule has 1 aromatic carbocycles. The van der Waals surface area contributed by atoms with Crippen LogP contribution in [0, 0.1) is 23.1 Å². The third kappa shape index (κ3) is 3.03. The van der Waals surface area contributed by atoms with E-state index in [0.717, 1.165) is 12.8 Å². The molecule has 1 fully saturated rings. The number of hydrogen-bond donors (Lipinski definition) is 2. The van der Waals surface area contributed by atoms with E-state index in [2.05, 4.69) is 21.2 Å². The lowest BCUT2D eigenvalue weighted by Gasteiger charge is -2.38. The summed E-state index contributed by atoms with van der Waals surface area (Å²) in [5, 5.41) is 21.3. The molecule has 4 nitrogen and oxygen atoms in total. The first-order valence-electron chi connectivity index (χ1n) is 6.79. The smallest absolute Gasteiger partial charge is 0.329 e. The van der Waals surface area contributed by atoms with Crippen molar-refractivity contribution in [1.82, 2.24) is 0 Å². The van der Waals surface area contributed by atoms with Crippen LogP contribution in [0.1, 0.15) is 38.2 Å². The van der Waals surface area contributed by atoms with Gasteiger partial charge in [0.05, 0.1) is 15.7 Å². The van der Waals surface area contributed by atoms with Gasteiger partial charge >= 0.3 is 5.97 Å². The number of rotatable bonds is 3. The Morgan fingerprint density at radius 3 is 2.90 bits per heavy atom. The second-order valence-electron chi connectivity index (χ2n) is 5.61. The number of nitriles is 1. The van der Waals surface area contributed by atoms with Gasteiger partial charge in [0.25, 0.3) is 0 Å². The molecule has 112 valence electrons. The number of carboxylic acids is 1. The number of nitrogens with zero attached hydrogens (tertiary/aromatic N) is 1. The summed E-state index contributed by atoms with van der Waals surface area (Å²) in [6.45, 7) is 2.00. The maximum Gasteiger partial charge on any atom is 0.329 e. The Morgan fingerprint density at radius 2 is 2.33 bits per heavy atom. The molecule has 1 aliphatic carbocycles. The Bertz CT molecular complexity index is 614. The number of carboxylic acid groups (broad SMARTS) is 1. The number of nitrogens with one attached hydrogen (secondary N) is 1. The zero-order valence-corrected chi connectivity index (χ0v) is 13.2. The maximum atomic E-state index is 14.3. The Kier molecular flexibility index (Phi) is 4.52. The Balaban J connectivity index is 2.37. The highest BCUT2D eigenvalue weighted by atomic mass is 79.9. The minimum absolute atomic E-state index is 0.0550. The van der Waals surface area contributed by atoms with Crippen LogP contribution in [-0.2, 0) is 4.79 Å². The van der Waals surface area contributed by atoms with Crippen LogP contribution in [0.15, 0.2) is 16.6 Å². The van der Waals surface area contributed by atoms with E-state index in [4.69, 9.17) is 5.26 Å². The van der Waals surface area contributed by atoms with Crippen LogP contribution < -0.4 is 5.32 Å². The average molecular weight is 355 g/mol. The molecule has 0 spiro atoms. The molecule has 1 saturated carbocycles. The van der Waals surface area contributed by atoms with E-state index in [1.807, 2.05) is 13.0 Å². The van der Waals surface area contributed by atoms with Gasteiger partial charge in [0, 0.05) is 0 Å². The molecule has 1 aliphatic rings. The molecule has 1 aromatic rings. The first-order valence-corrected chi connectivity index (χ1v) is 7.58. The fourth-order valence-corrected chi connectivity index (χ4v) is 3.34. The summed E-state index contributed by atoms with van der Waals surface area (Å²) >= 11 is 3.04. The summed E-state index contributed by atoms with van der Waals surface area (Å²) < 4.78 is 14.3. The SMILES string of the molecule is CC1CCCC(Nc2ccc(C#N)c(Br)c2F)(C(=O)O)C1. The van der Waals surface area contributed by atoms with Crippen molar-refractivity contribution < 1.29 is 14.3 Å². The normalized spacial score (nSPS) is 25.1. The number of aliphatic carboxylic acids is 1. The molecule has 0 amide bonds. The second kappa shape index (κ2) is 6.02. The van der Waals surface area contributed by atoms with Gasteiger partial charge in [-0.1, -0.05) is 19.8 Å². The largest absolute Gasteiger partial charge is 0.480 e. The molecule has 2 unspecified atom stereocenters. The Labute approximate surface area is 131 Å². The molecule has 0 saturated heterocycles. The van der Waals surface area contributed by atoms with Gasteiger partial charge in [-0.2, -0.15) is 5.26 Å². The highest BCUT2D eigenvalue weighted by Gasteiger charge is 2.42. The standard InChI is InChI=1S/C15H16BrFN2O2/c1-9-3-2-6-15(7-9,14(20)21)19-11-5-4-10(8-18)12(16)13(11)17/h4-5,9,19H,2-3,6-7H2,1H3,(H,20,21). The fraction of sp³-hybridized carbons (Fsp3) is 0.467. The van der Waals surface area contributed by atoms with Crippen LogP contribution in [-0.4, -0.2) is 16.6 Å². The summed E-state index contributed by atoms with van der Waals surface area (Å²) in [6, 6.07) is 4.76. The van der Waals surface area contributed by atoms with E-state index < -0.39 is 17.3 Å². The third-order valence-corrected chi connectivity index (χ3v) is 4.76. The Hall–Kier alpha value is -1.61. The van der Waals surface area contributed by atoms with Gasteiger partial charge in [-0.25, -0.2) is 9.18 Å². The molecule has 0 aliphatic heterocycles. The minimum atomic E-state index is -1.15. The van der Waals surface area contributed by atoms with Crippen molar-refractivity contribution in [2.24, 2.45) is 5.92 Å². The quantitative estimate of drug-likeness (QED) is 0.862. The van der Waals surface area contributed by atoms with Crippen molar-refractivity contribution in [3.05, 3.63) is 28.0 Å². The molecule has 2 rings (SSSR count). The second-order valence-corrected chi connectivity index (χ2v) is 6.41. The molecule has 2 N–H and O–H groups in total. The molecule has 21 heavy (non-hydrogen) atoms. The molecule has 6 heteroatoms. The first kappa shape index (κ1) is 15.8. The zero-order valence-electron chi connectivity index (χ0n) is 11.6. The van der Waals surface area contributed by atoms with Gasteiger partial charge in [0.15, 0.2) is 5.82 Å². The number of hydrogen-bond acceptors (Lipinski definition) is 3. The minimum Gasteiger partial charge on any atom is -0.480 e. The number of halogens is 2. The summed E-state index contributed by atoms with van der Waals surface area (Å²) in [4.78, 5) is 11.7. The van der Waals surface area contributed by atoms with Gasteiger partial charge in [0.2, 0.25) is 0 Å². The summed E-state index contributed by atoms with van der Waals surface area (Å²) in [5.41, 5.74) is -0.858. The topological polar surface area (TPSA) is 73.1 Å². The summed E-state index contributed by atoms with van der Waals surface area (Å²) in [6.07, 6.45) is 2.69. The highest BCUT2D eigenvalue weighted by molar-refractivity contribution is 9.10. The zero-order chi connectivity index (χ0) is 15.6. The van der Waals surface area contributed by atoms with Crippen molar-refractivity contribution in [2.75, 3.05) is 5.32 Å². The van der Waals surface area contributed by atoms with Crippen molar-refractivity contribution in [3.63, 3.8) is 0 Å². The van der Waals surface area contributed by atoms with Gasteiger partial charge in [-0.15, -0.1) is 0 Å². The maximum absolute atomic E-state index is 14.3. The summed E-state index contributed by atoms with van der Waals surface area (Å²) in [7, 11) is 0. The average Bonchev–Trinajstić information content (AvgIpc) is 2.44. The molecule has 0 bridgehead atoms. The van der Waals surface area contributed by atoms with Gasteiger partial charge in [-0.3, -0.25) is 0 Å². The predicted octanol–water partition coefficient (Wildman–Crippen LogP) is 3.91. The van der Waals surface area contributed by atoms with Crippen LogP contribution >= 0.6 is 15.9 Å². The van der Waals surface area contributed by atoms with Crippen molar-refractivity contribution in [1.29, 1.82) is 5.26 Å². The van der Waals surface area contributed by atoms with E-state index >= 15 is 0 Å². The number of carbonyl (C=O) groups is 1. The van der Waals surface area contributed by atoms with Crippen LogP contribution in [0.25, 0.3) is 0 Å². The fourth-order valence-electron chi connectivity index (χ4n) is 2.90. The van der Waals surface area contributed by atoms with E-state index in [1.54, 1.807) is 0 Å². The molecular weight excluding hydrogens is 339 g/mol. The highest BCUT2D eigenvalue weighted by Crippen LogP contribution is 2.37. The van der Waals surface area contributed by atoms with Crippen molar-refractivity contribution >= 4 is 27.6 Å². The molecule has 0 heterocycles. The monoisotopic (exact) mass is 354 g/mol. The summed E-state index contributed by atoms with van der Waals surface area (Å²) in [5.74, 6) is -1.32. The van der Waals surface area contributed by atoms with Gasteiger partial charge in [-0.05, 0) is 46.8 Å². The molecule has 0 aromatic heterocycles. The molecule has 2 atom stereocenters. The molecule has 0 radical (unpaired) electrons. The lowest BCUT2D eigenvalue weighted by atomic mass is 9.76. The van der Waals surface area contributed by atoms with E-state index in [0.29, 0.717) is 12.8 Å². The lowest BCUT2D eigenvalue weighted by Crippen LogP contribution is -2.49. The van der Waals surface area contributed by atoms with Crippen LogP contribution in [0.4, 0.5) is 10.1 Å². The number of anilines is 1. The van der Waals surface area contributed by atoms with Crippen LogP contribution in [0.2, 0.25) is 0 Å². The third-order valence-electron chi connectivity index (χ3n) is 3.98. The predicted molar refractivity (Wildman–Crippen MR) is 80.4 cm³/mol. The van der Waals surface area contributed by atoms with Gasteiger partial charge in [0.1, 0.15) is 11.6 Å².